The van der Waals surface area contributed by atoms with Crippen LogP contribution in [0.4, 0.5) is 19.0 Å². The quantitative estimate of drug-likeness (QED) is 0.671. The summed E-state index contributed by atoms with van der Waals surface area (Å²) >= 11 is 0. The number of aryl methyl sites for hydroxylation is 1. The Morgan fingerprint density at radius 2 is 2.04 bits per heavy atom. The maximum absolute atomic E-state index is 12.9. The Balaban J connectivity index is 1.58. The second-order valence-electron chi connectivity index (χ2n) is 5.21. The first kappa shape index (κ1) is 17.6. The number of ether oxygens (including phenoxy) is 1. The summed E-state index contributed by atoms with van der Waals surface area (Å²) in [5, 5.41) is 6.67. The maximum Gasteiger partial charge on any atom is 0.421 e. The molecule has 0 aliphatic carbocycles. The number of nitrogens with one attached hydrogen (secondary N) is 1. The highest BCUT2D eigenvalue weighted by atomic mass is 19.4. The first-order valence-electron chi connectivity index (χ1n) is 7.59. The molecule has 0 unspecified atom stereocenters. The van der Waals surface area contributed by atoms with E-state index in [4.69, 9.17) is 9.26 Å². The van der Waals surface area contributed by atoms with Crippen LogP contribution in [-0.4, -0.2) is 33.3 Å². The van der Waals surface area contributed by atoms with E-state index in [-0.39, 0.29) is 13.2 Å². The van der Waals surface area contributed by atoms with Gasteiger partial charge in [-0.15, -0.1) is 0 Å². The molecule has 136 valence electrons. The first-order valence-corrected chi connectivity index (χ1v) is 7.59. The van der Waals surface area contributed by atoms with E-state index in [9.17, 15) is 13.2 Å². The summed E-state index contributed by atoms with van der Waals surface area (Å²) in [4.78, 5) is 11.9. The van der Waals surface area contributed by atoms with Crippen molar-refractivity contribution in [1.82, 2.24) is 20.1 Å². The van der Waals surface area contributed by atoms with Crippen LogP contribution >= 0.6 is 0 Å². The van der Waals surface area contributed by atoms with Crippen LogP contribution in [-0.2, 0) is 6.18 Å². The van der Waals surface area contributed by atoms with Crippen LogP contribution in [0.15, 0.2) is 41.2 Å². The highest BCUT2D eigenvalue weighted by Gasteiger charge is 2.34. The lowest BCUT2D eigenvalue weighted by atomic mass is 10.2. The van der Waals surface area contributed by atoms with E-state index in [1.165, 1.54) is 12.3 Å². The van der Waals surface area contributed by atoms with Crippen molar-refractivity contribution in [3.8, 4) is 17.3 Å². The van der Waals surface area contributed by atoms with Gasteiger partial charge in [0, 0.05) is 18.0 Å². The van der Waals surface area contributed by atoms with Gasteiger partial charge in [0.2, 0.25) is 5.88 Å². The largest absolute Gasteiger partial charge is 0.475 e. The average molecular weight is 365 g/mol. The average Bonchev–Trinajstić information content (AvgIpc) is 3.05. The van der Waals surface area contributed by atoms with Gasteiger partial charge in [0.15, 0.2) is 5.82 Å². The molecule has 7 nitrogen and oxygen atoms in total. The summed E-state index contributed by atoms with van der Waals surface area (Å²) < 4.78 is 48.8. The van der Waals surface area contributed by atoms with E-state index in [0.29, 0.717) is 23.1 Å². The van der Waals surface area contributed by atoms with Gasteiger partial charge in [-0.05, 0) is 31.2 Å². The SMILES string of the molecule is Cc1noc(-c2ccnc(NCCOc3ncccc3C(F)(F)F)c2)n1. The first-order chi connectivity index (χ1) is 12.4. The fraction of sp³-hybridized carbons (Fsp3) is 0.250. The zero-order valence-electron chi connectivity index (χ0n) is 13.6. The van der Waals surface area contributed by atoms with Crippen molar-refractivity contribution < 1.29 is 22.4 Å². The molecular weight excluding hydrogens is 351 g/mol. The van der Waals surface area contributed by atoms with Crippen molar-refractivity contribution in [2.24, 2.45) is 0 Å². The van der Waals surface area contributed by atoms with Crippen LogP contribution in [0.2, 0.25) is 0 Å². The molecule has 0 amide bonds. The molecule has 0 saturated heterocycles. The van der Waals surface area contributed by atoms with Gasteiger partial charge in [0.25, 0.3) is 5.89 Å². The maximum atomic E-state index is 12.9. The number of halogens is 3. The number of pyridine rings is 2. The number of alkyl halides is 3. The Labute approximate surface area is 146 Å². The van der Waals surface area contributed by atoms with Gasteiger partial charge in [0.05, 0.1) is 6.54 Å². The summed E-state index contributed by atoms with van der Waals surface area (Å²) in [6.45, 7) is 1.91. The number of hydrogen-bond acceptors (Lipinski definition) is 7. The Kier molecular flexibility index (Phi) is 5.01. The zero-order valence-corrected chi connectivity index (χ0v) is 13.6. The normalized spacial score (nSPS) is 11.4. The van der Waals surface area contributed by atoms with E-state index in [0.717, 1.165) is 6.07 Å². The molecule has 0 fully saturated rings. The van der Waals surface area contributed by atoms with Crippen LogP contribution in [0, 0.1) is 6.92 Å². The molecule has 1 N–H and O–H groups in total. The Morgan fingerprint density at radius 3 is 2.77 bits per heavy atom. The Hall–Kier alpha value is -3.17. The summed E-state index contributed by atoms with van der Waals surface area (Å²) in [7, 11) is 0. The fourth-order valence-corrected chi connectivity index (χ4v) is 2.12. The number of hydrogen-bond donors (Lipinski definition) is 1. The third-order valence-electron chi connectivity index (χ3n) is 3.26. The minimum Gasteiger partial charge on any atom is -0.475 e. The molecule has 0 saturated carbocycles. The van der Waals surface area contributed by atoms with Crippen LogP contribution in [0.5, 0.6) is 5.88 Å². The molecule has 10 heteroatoms. The molecular formula is C16H14F3N5O2. The van der Waals surface area contributed by atoms with Crippen molar-refractivity contribution in [3.63, 3.8) is 0 Å². The molecule has 0 aliphatic heterocycles. The van der Waals surface area contributed by atoms with Gasteiger partial charge in [0.1, 0.15) is 18.0 Å². The predicted octanol–water partition coefficient (Wildman–Crippen LogP) is 3.34. The molecule has 3 heterocycles. The molecule has 3 aromatic rings. The van der Waals surface area contributed by atoms with Gasteiger partial charge in [-0.2, -0.15) is 18.2 Å². The van der Waals surface area contributed by atoms with Crippen LogP contribution in [0.25, 0.3) is 11.5 Å². The third-order valence-corrected chi connectivity index (χ3v) is 3.26. The van der Waals surface area contributed by atoms with Gasteiger partial charge < -0.3 is 14.6 Å². The third kappa shape index (κ3) is 4.26. The van der Waals surface area contributed by atoms with Gasteiger partial charge >= 0.3 is 6.18 Å². The highest BCUT2D eigenvalue weighted by Crippen LogP contribution is 2.34. The standard InChI is InChI=1S/C16H14F3N5O2/c1-10-23-14(26-24-10)11-4-6-20-13(9-11)21-7-8-25-15-12(16(17,18)19)3-2-5-22-15/h2-6,9H,7-8H2,1H3,(H,20,21). The van der Waals surface area contributed by atoms with Crippen LogP contribution < -0.4 is 10.1 Å². The topological polar surface area (TPSA) is 86.0 Å². The van der Waals surface area contributed by atoms with Crippen molar-refractivity contribution in [2.75, 3.05) is 18.5 Å². The lowest BCUT2D eigenvalue weighted by Crippen LogP contribution is -2.15. The van der Waals surface area contributed by atoms with Crippen molar-refractivity contribution in [1.29, 1.82) is 0 Å². The summed E-state index contributed by atoms with van der Waals surface area (Å²) in [6.07, 6.45) is -1.72. The summed E-state index contributed by atoms with van der Waals surface area (Å²) in [5.74, 6) is 0.909. The lowest BCUT2D eigenvalue weighted by molar-refractivity contribution is -0.139. The summed E-state index contributed by atoms with van der Waals surface area (Å²) in [5.41, 5.74) is -0.236. The molecule has 0 radical (unpaired) electrons. The van der Waals surface area contributed by atoms with Crippen LogP contribution in [0.3, 0.4) is 0 Å². The molecule has 0 bridgehead atoms. The smallest absolute Gasteiger partial charge is 0.421 e. The molecule has 0 aliphatic rings. The van der Waals surface area contributed by atoms with Crippen LogP contribution in [0.1, 0.15) is 11.4 Å². The highest BCUT2D eigenvalue weighted by molar-refractivity contribution is 5.57. The molecule has 3 aromatic heterocycles. The van der Waals surface area contributed by atoms with Crippen molar-refractivity contribution >= 4 is 5.82 Å². The molecule has 26 heavy (non-hydrogen) atoms. The minimum atomic E-state index is -4.52. The molecule has 0 aromatic carbocycles. The van der Waals surface area contributed by atoms with E-state index in [2.05, 4.69) is 25.4 Å². The monoisotopic (exact) mass is 365 g/mol. The number of aromatic nitrogens is 4. The Morgan fingerprint density at radius 1 is 1.19 bits per heavy atom. The minimum absolute atomic E-state index is 0.0222. The van der Waals surface area contributed by atoms with E-state index in [1.807, 2.05) is 0 Å². The zero-order chi connectivity index (χ0) is 18.6. The second-order valence-corrected chi connectivity index (χ2v) is 5.21. The lowest BCUT2D eigenvalue weighted by Gasteiger charge is -2.12. The number of anilines is 1. The number of nitrogens with zero attached hydrogens (tertiary/aromatic N) is 4. The van der Waals surface area contributed by atoms with Crippen molar-refractivity contribution in [2.45, 2.75) is 13.1 Å². The van der Waals surface area contributed by atoms with Gasteiger partial charge in [-0.1, -0.05) is 5.16 Å². The van der Waals surface area contributed by atoms with Gasteiger partial charge in [-0.25, -0.2) is 9.97 Å². The summed E-state index contributed by atoms with van der Waals surface area (Å²) in [6, 6.07) is 5.53. The molecule has 0 spiro atoms. The van der Waals surface area contributed by atoms with Gasteiger partial charge in [-0.3, -0.25) is 0 Å². The fourth-order valence-electron chi connectivity index (χ4n) is 2.12. The number of rotatable bonds is 6. The van der Waals surface area contributed by atoms with Crippen molar-refractivity contribution in [3.05, 3.63) is 48.0 Å². The Bertz CT molecular complexity index is 882. The van der Waals surface area contributed by atoms with E-state index >= 15 is 0 Å². The predicted molar refractivity (Wildman–Crippen MR) is 85.5 cm³/mol. The van der Waals surface area contributed by atoms with E-state index < -0.39 is 17.6 Å². The molecule has 3 rings (SSSR count). The molecule has 0 atom stereocenters. The second kappa shape index (κ2) is 7.38. The van der Waals surface area contributed by atoms with E-state index in [1.54, 1.807) is 25.3 Å².